The second-order valence-electron chi connectivity index (χ2n) is 3.66. The van der Waals surface area contributed by atoms with Gasteiger partial charge in [-0.1, -0.05) is 18.2 Å². The van der Waals surface area contributed by atoms with Crippen molar-refractivity contribution < 1.29 is 14.1 Å². The second-order valence-corrected chi connectivity index (χ2v) is 3.66. The molecular weight excluding hydrogens is 237 g/mol. The van der Waals surface area contributed by atoms with Crippen LogP contribution in [0.2, 0.25) is 0 Å². The van der Waals surface area contributed by atoms with Crippen molar-refractivity contribution in [3.8, 4) is 11.1 Å². The van der Waals surface area contributed by atoms with Crippen LogP contribution >= 0.6 is 0 Å². The van der Waals surface area contributed by atoms with Gasteiger partial charge in [0.1, 0.15) is 12.1 Å². The standard InChI is InChI=1S/C13H8FNO3/c14-11-4-2-10(3-5-11)12-6-1-9(8-16)7-13(12)15(17)18/h1-8H. The summed E-state index contributed by atoms with van der Waals surface area (Å²) in [7, 11) is 0. The maximum Gasteiger partial charge on any atom is 0.277 e. The van der Waals surface area contributed by atoms with E-state index in [9.17, 15) is 19.3 Å². The molecule has 0 saturated carbocycles. The number of nitrogens with zero attached hydrogens (tertiary/aromatic N) is 1. The average Bonchev–Trinajstić information content (AvgIpc) is 2.39. The van der Waals surface area contributed by atoms with Gasteiger partial charge in [0.25, 0.3) is 5.69 Å². The van der Waals surface area contributed by atoms with Crippen LogP contribution in [0.5, 0.6) is 0 Å². The minimum atomic E-state index is -0.564. The maximum absolute atomic E-state index is 12.8. The number of rotatable bonds is 3. The Morgan fingerprint density at radius 1 is 1.11 bits per heavy atom. The highest BCUT2D eigenvalue weighted by atomic mass is 19.1. The van der Waals surface area contributed by atoms with E-state index in [2.05, 4.69) is 0 Å². The third kappa shape index (κ3) is 2.24. The summed E-state index contributed by atoms with van der Waals surface area (Å²) in [6.45, 7) is 0. The van der Waals surface area contributed by atoms with Crippen molar-refractivity contribution in [1.82, 2.24) is 0 Å². The molecule has 5 heteroatoms. The largest absolute Gasteiger partial charge is 0.298 e. The molecule has 0 aliphatic heterocycles. The van der Waals surface area contributed by atoms with Crippen LogP contribution in [0, 0.1) is 15.9 Å². The fraction of sp³-hybridized carbons (Fsp3) is 0. The van der Waals surface area contributed by atoms with Crippen molar-refractivity contribution in [3.63, 3.8) is 0 Å². The van der Waals surface area contributed by atoms with Gasteiger partial charge in [0, 0.05) is 11.6 Å². The molecule has 0 aliphatic carbocycles. The van der Waals surface area contributed by atoms with Crippen molar-refractivity contribution in [2.24, 2.45) is 0 Å². The molecule has 0 amide bonds. The molecule has 0 saturated heterocycles. The van der Waals surface area contributed by atoms with E-state index in [0.717, 1.165) is 0 Å². The predicted molar refractivity (Wildman–Crippen MR) is 63.9 cm³/mol. The summed E-state index contributed by atoms with van der Waals surface area (Å²) >= 11 is 0. The number of benzene rings is 2. The van der Waals surface area contributed by atoms with E-state index in [4.69, 9.17) is 0 Å². The Morgan fingerprint density at radius 3 is 2.33 bits per heavy atom. The zero-order valence-electron chi connectivity index (χ0n) is 9.17. The summed E-state index contributed by atoms with van der Waals surface area (Å²) in [5, 5.41) is 10.9. The van der Waals surface area contributed by atoms with Crippen molar-refractivity contribution in [2.75, 3.05) is 0 Å². The van der Waals surface area contributed by atoms with Crippen molar-refractivity contribution in [3.05, 3.63) is 64.0 Å². The van der Waals surface area contributed by atoms with Crippen LogP contribution in [0.15, 0.2) is 42.5 Å². The zero-order chi connectivity index (χ0) is 13.1. The summed E-state index contributed by atoms with van der Waals surface area (Å²) in [5.41, 5.74) is 0.935. The second kappa shape index (κ2) is 4.75. The van der Waals surface area contributed by atoms with E-state index in [1.807, 2.05) is 0 Å². The van der Waals surface area contributed by atoms with E-state index in [1.165, 1.54) is 42.5 Å². The number of nitro groups is 1. The van der Waals surface area contributed by atoms with Crippen molar-refractivity contribution in [2.45, 2.75) is 0 Å². The highest BCUT2D eigenvalue weighted by Gasteiger charge is 2.15. The molecule has 0 fully saturated rings. The van der Waals surface area contributed by atoms with Gasteiger partial charge < -0.3 is 0 Å². The van der Waals surface area contributed by atoms with E-state index in [-0.39, 0.29) is 11.3 Å². The van der Waals surface area contributed by atoms with Crippen LogP contribution in [-0.4, -0.2) is 11.2 Å². The van der Waals surface area contributed by atoms with Gasteiger partial charge in [0.15, 0.2) is 0 Å². The van der Waals surface area contributed by atoms with Crippen LogP contribution in [-0.2, 0) is 0 Å². The lowest BCUT2D eigenvalue weighted by Crippen LogP contribution is -1.94. The topological polar surface area (TPSA) is 60.2 Å². The molecule has 0 aromatic heterocycles. The summed E-state index contributed by atoms with van der Waals surface area (Å²) in [6.07, 6.45) is 0.543. The highest BCUT2D eigenvalue weighted by molar-refractivity contribution is 5.82. The lowest BCUT2D eigenvalue weighted by Gasteiger charge is -2.03. The lowest BCUT2D eigenvalue weighted by molar-refractivity contribution is -0.384. The van der Waals surface area contributed by atoms with Crippen LogP contribution in [0.3, 0.4) is 0 Å². The smallest absolute Gasteiger partial charge is 0.277 e. The van der Waals surface area contributed by atoms with Gasteiger partial charge in [-0.2, -0.15) is 0 Å². The first-order valence-electron chi connectivity index (χ1n) is 5.11. The first-order valence-corrected chi connectivity index (χ1v) is 5.11. The summed E-state index contributed by atoms with van der Waals surface area (Å²) < 4.78 is 12.8. The molecular formula is C13H8FNO3. The average molecular weight is 245 g/mol. The molecule has 0 atom stereocenters. The summed E-state index contributed by atoms with van der Waals surface area (Å²) in [6, 6.07) is 9.54. The molecule has 2 aromatic carbocycles. The fourth-order valence-electron chi connectivity index (χ4n) is 1.65. The first-order chi connectivity index (χ1) is 8.61. The SMILES string of the molecule is O=Cc1ccc(-c2ccc(F)cc2)c([N+](=O)[O-])c1. The Labute approximate surface area is 102 Å². The Morgan fingerprint density at radius 2 is 1.78 bits per heavy atom. The minimum absolute atomic E-state index is 0.175. The Kier molecular flexibility index (Phi) is 3.14. The highest BCUT2D eigenvalue weighted by Crippen LogP contribution is 2.30. The van der Waals surface area contributed by atoms with E-state index >= 15 is 0 Å². The molecule has 4 nitrogen and oxygen atoms in total. The van der Waals surface area contributed by atoms with Crippen LogP contribution in [0.4, 0.5) is 10.1 Å². The molecule has 18 heavy (non-hydrogen) atoms. The van der Waals surface area contributed by atoms with Gasteiger partial charge in [0.2, 0.25) is 0 Å². The van der Waals surface area contributed by atoms with Gasteiger partial charge in [-0.25, -0.2) is 4.39 Å². The van der Waals surface area contributed by atoms with E-state index < -0.39 is 10.7 Å². The molecule has 90 valence electrons. The summed E-state index contributed by atoms with van der Waals surface area (Å²) in [4.78, 5) is 21.0. The molecule has 2 rings (SSSR count). The van der Waals surface area contributed by atoms with Gasteiger partial charge >= 0.3 is 0 Å². The van der Waals surface area contributed by atoms with Crippen LogP contribution in [0.25, 0.3) is 11.1 Å². The number of nitro benzene ring substituents is 1. The number of carbonyl (C=O) groups is 1. The number of hydrogen-bond acceptors (Lipinski definition) is 3. The third-order valence-electron chi connectivity index (χ3n) is 2.51. The van der Waals surface area contributed by atoms with Crippen LogP contribution < -0.4 is 0 Å². The van der Waals surface area contributed by atoms with Crippen molar-refractivity contribution >= 4 is 12.0 Å². The molecule has 0 bridgehead atoms. The van der Waals surface area contributed by atoms with E-state index in [1.54, 1.807) is 0 Å². The van der Waals surface area contributed by atoms with Gasteiger partial charge in [-0.15, -0.1) is 0 Å². The molecule has 0 spiro atoms. The summed E-state index contributed by atoms with van der Waals surface area (Å²) in [5.74, 6) is -0.411. The maximum atomic E-state index is 12.8. The molecule has 2 aromatic rings. The predicted octanol–water partition coefficient (Wildman–Crippen LogP) is 3.21. The fourth-order valence-corrected chi connectivity index (χ4v) is 1.65. The lowest BCUT2D eigenvalue weighted by atomic mass is 10.0. The number of hydrogen-bond donors (Lipinski definition) is 0. The molecule has 0 unspecified atom stereocenters. The monoisotopic (exact) mass is 245 g/mol. The number of aldehydes is 1. The Hall–Kier alpha value is -2.56. The number of carbonyl (C=O) groups excluding carboxylic acids is 1. The van der Waals surface area contributed by atoms with Gasteiger partial charge in [0.05, 0.1) is 10.5 Å². The normalized spacial score (nSPS) is 10.1. The third-order valence-corrected chi connectivity index (χ3v) is 2.51. The Bertz CT molecular complexity index is 608. The zero-order valence-corrected chi connectivity index (χ0v) is 9.17. The van der Waals surface area contributed by atoms with Crippen LogP contribution in [0.1, 0.15) is 10.4 Å². The molecule has 0 radical (unpaired) electrons. The quantitative estimate of drug-likeness (QED) is 0.474. The molecule has 0 N–H and O–H groups in total. The Balaban J connectivity index is 2.59. The van der Waals surface area contributed by atoms with Crippen molar-refractivity contribution in [1.29, 1.82) is 0 Å². The molecule has 0 aliphatic rings. The first kappa shape index (κ1) is 11.9. The molecule has 0 heterocycles. The number of halogens is 1. The van der Waals surface area contributed by atoms with Gasteiger partial charge in [-0.3, -0.25) is 14.9 Å². The van der Waals surface area contributed by atoms with E-state index in [0.29, 0.717) is 17.4 Å². The minimum Gasteiger partial charge on any atom is -0.298 e. The van der Waals surface area contributed by atoms with Gasteiger partial charge in [-0.05, 0) is 23.8 Å².